The average molecular weight is 247 g/mol. The van der Waals surface area contributed by atoms with Gasteiger partial charge in [-0.2, -0.15) is 0 Å². The minimum atomic E-state index is -0.528. The van der Waals surface area contributed by atoms with Gasteiger partial charge in [0.1, 0.15) is 11.7 Å². The molecule has 2 aromatic rings. The molecular weight excluding hydrogens is 242 g/mol. The normalized spacial score (nSPS) is 10.6. The summed E-state index contributed by atoms with van der Waals surface area (Å²) in [6, 6.07) is 4.25. The highest BCUT2D eigenvalue weighted by Crippen LogP contribution is 2.23. The van der Waals surface area contributed by atoms with Gasteiger partial charge in [0, 0.05) is 5.56 Å². The van der Waals surface area contributed by atoms with Crippen LogP contribution in [-0.2, 0) is 5.88 Å². The van der Waals surface area contributed by atoms with Crippen LogP contribution >= 0.6 is 23.2 Å². The van der Waals surface area contributed by atoms with Crippen molar-refractivity contribution in [1.82, 2.24) is 10.2 Å². The van der Waals surface area contributed by atoms with E-state index in [1.165, 1.54) is 12.1 Å². The number of alkyl halides is 1. The van der Waals surface area contributed by atoms with E-state index in [0.717, 1.165) is 0 Å². The molecule has 0 saturated carbocycles. The molecule has 0 saturated heterocycles. The first-order valence-corrected chi connectivity index (χ1v) is 4.95. The monoisotopic (exact) mass is 246 g/mol. The zero-order valence-electron chi connectivity index (χ0n) is 7.38. The van der Waals surface area contributed by atoms with Crippen LogP contribution in [0.2, 0.25) is 5.02 Å². The van der Waals surface area contributed by atoms with E-state index in [0.29, 0.717) is 11.5 Å². The summed E-state index contributed by atoms with van der Waals surface area (Å²) in [4.78, 5) is 0. The van der Waals surface area contributed by atoms with E-state index in [9.17, 15) is 4.39 Å². The molecular formula is C9H5Cl2FN2O. The molecule has 3 nitrogen and oxygen atoms in total. The zero-order valence-corrected chi connectivity index (χ0v) is 8.89. The standard InChI is InChI=1S/C9H5Cl2FN2O/c10-4-8-13-14-9(15-8)5-1-2-6(11)7(12)3-5/h1-3H,4H2. The Morgan fingerprint density at radius 1 is 1.33 bits per heavy atom. The van der Waals surface area contributed by atoms with Gasteiger partial charge in [0.15, 0.2) is 0 Å². The maximum atomic E-state index is 13.1. The maximum absolute atomic E-state index is 13.1. The molecule has 0 N–H and O–H groups in total. The number of aromatic nitrogens is 2. The molecule has 78 valence electrons. The highest BCUT2D eigenvalue weighted by atomic mass is 35.5. The third kappa shape index (κ3) is 2.11. The predicted octanol–water partition coefficient (Wildman–Crippen LogP) is 3.27. The van der Waals surface area contributed by atoms with Crippen molar-refractivity contribution < 1.29 is 8.81 Å². The zero-order chi connectivity index (χ0) is 10.8. The van der Waals surface area contributed by atoms with Crippen LogP contribution in [0.25, 0.3) is 11.5 Å². The third-order valence-corrected chi connectivity index (χ3v) is 2.28. The van der Waals surface area contributed by atoms with Gasteiger partial charge in [-0.15, -0.1) is 21.8 Å². The van der Waals surface area contributed by atoms with Crippen LogP contribution in [0, 0.1) is 5.82 Å². The Morgan fingerprint density at radius 2 is 2.13 bits per heavy atom. The fourth-order valence-corrected chi connectivity index (χ4v) is 1.28. The molecule has 0 aliphatic heterocycles. The molecule has 1 aromatic carbocycles. The quantitative estimate of drug-likeness (QED) is 0.764. The fraction of sp³-hybridized carbons (Fsp3) is 0.111. The summed E-state index contributed by atoms with van der Waals surface area (Å²) in [5.41, 5.74) is 0.473. The predicted molar refractivity (Wildman–Crippen MR) is 54.3 cm³/mol. The van der Waals surface area contributed by atoms with Crippen LogP contribution in [0.4, 0.5) is 4.39 Å². The Hall–Kier alpha value is -1.13. The van der Waals surface area contributed by atoms with Crippen molar-refractivity contribution >= 4 is 23.2 Å². The minimum absolute atomic E-state index is 0.0517. The highest BCUT2D eigenvalue weighted by Gasteiger charge is 2.09. The van der Waals surface area contributed by atoms with Gasteiger partial charge in [-0.25, -0.2) is 4.39 Å². The SMILES string of the molecule is Fc1cc(-c2nnc(CCl)o2)ccc1Cl. The van der Waals surface area contributed by atoms with E-state index in [1.54, 1.807) is 6.07 Å². The van der Waals surface area contributed by atoms with Gasteiger partial charge in [0.2, 0.25) is 11.8 Å². The second-order valence-corrected chi connectivity index (χ2v) is 3.44. The van der Waals surface area contributed by atoms with Crippen molar-refractivity contribution in [3.05, 3.63) is 34.9 Å². The number of hydrogen-bond donors (Lipinski definition) is 0. The molecule has 0 spiro atoms. The Morgan fingerprint density at radius 3 is 2.73 bits per heavy atom. The van der Waals surface area contributed by atoms with E-state index in [-0.39, 0.29) is 16.8 Å². The summed E-state index contributed by atoms with van der Waals surface area (Å²) < 4.78 is 18.3. The average Bonchev–Trinajstić information content (AvgIpc) is 2.70. The van der Waals surface area contributed by atoms with Crippen LogP contribution in [0.5, 0.6) is 0 Å². The van der Waals surface area contributed by atoms with Crippen LogP contribution in [0.15, 0.2) is 22.6 Å². The summed E-state index contributed by atoms with van der Waals surface area (Å²) in [7, 11) is 0. The van der Waals surface area contributed by atoms with Crippen LogP contribution in [0.3, 0.4) is 0 Å². The number of halogens is 3. The molecule has 2 rings (SSSR count). The van der Waals surface area contributed by atoms with E-state index in [1.807, 2.05) is 0 Å². The van der Waals surface area contributed by atoms with Crippen LogP contribution < -0.4 is 0 Å². The smallest absolute Gasteiger partial charge is 0.247 e. The van der Waals surface area contributed by atoms with E-state index in [2.05, 4.69) is 10.2 Å². The lowest BCUT2D eigenvalue weighted by atomic mass is 10.2. The van der Waals surface area contributed by atoms with Crippen molar-refractivity contribution in [3.8, 4) is 11.5 Å². The number of nitrogens with zero attached hydrogens (tertiary/aromatic N) is 2. The lowest BCUT2D eigenvalue weighted by Gasteiger charge is -1.96. The van der Waals surface area contributed by atoms with Crippen LogP contribution in [0.1, 0.15) is 5.89 Å². The van der Waals surface area contributed by atoms with Crippen molar-refractivity contribution in [2.24, 2.45) is 0 Å². The molecule has 0 atom stereocenters. The summed E-state index contributed by atoms with van der Waals surface area (Å²) in [5, 5.41) is 7.43. The molecule has 1 heterocycles. The van der Waals surface area contributed by atoms with E-state index in [4.69, 9.17) is 27.6 Å². The molecule has 15 heavy (non-hydrogen) atoms. The van der Waals surface area contributed by atoms with Gasteiger partial charge in [0.05, 0.1) is 5.02 Å². The first-order valence-electron chi connectivity index (χ1n) is 4.04. The Kier molecular flexibility index (Phi) is 2.88. The first-order chi connectivity index (χ1) is 7.20. The summed E-state index contributed by atoms with van der Waals surface area (Å²) in [6.45, 7) is 0. The second-order valence-electron chi connectivity index (χ2n) is 2.76. The number of rotatable bonds is 2. The molecule has 1 aromatic heterocycles. The number of benzene rings is 1. The Bertz CT molecular complexity index is 487. The molecule has 0 fully saturated rings. The Balaban J connectivity index is 2.40. The fourth-order valence-electron chi connectivity index (χ4n) is 1.05. The maximum Gasteiger partial charge on any atom is 0.247 e. The van der Waals surface area contributed by atoms with Gasteiger partial charge in [-0.05, 0) is 18.2 Å². The van der Waals surface area contributed by atoms with Gasteiger partial charge in [-0.3, -0.25) is 0 Å². The third-order valence-electron chi connectivity index (χ3n) is 1.75. The van der Waals surface area contributed by atoms with Crippen molar-refractivity contribution in [2.45, 2.75) is 5.88 Å². The highest BCUT2D eigenvalue weighted by molar-refractivity contribution is 6.30. The lowest BCUT2D eigenvalue weighted by molar-refractivity contribution is 0.526. The first kappa shape index (κ1) is 10.4. The largest absolute Gasteiger partial charge is 0.419 e. The molecule has 6 heteroatoms. The summed E-state index contributed by atoms with van der Waals surface area (Å²) >= 11 is 11.0. The molecule has 0 radical (unpaired) electrons. The Labute approximate surface area is 94.8 Å². The van der Waals surface area contributed by atoms with Gasteiger partial charge >= 0.3 is 0 Å². The second kappa shape index (κ2) is 4.16. The molecule has 0 bridgehead atoms. The van der Waals surface area contributed by atoms with Crippen molar-refractivity contribution in [2.75, 3.05) is 0 Å². The molecule has 0 aliphatic rings. The summed E-state index contributed by atoms with van der Waals surface area (Å²) in [5.74, 6) is 0.117. The van der Waals surface area contributed by atoms with Gasteiger partial charge in [0.25, 0.3) is 0 Å². The van der Waals surface area contributed by atoms with E-state index >= 15 is 0 Å². The van der Waals surface area contributed by atoms with E-state index < -0.39 is 5.82 Å². The van der Waals surface area contributed by atoms with Crippen LogP contribution in [-0.4, -0.2) is 10.2 Å². The minimum Gasteiger partial charge on any atom is -0.419 e. The van der Waals surface area contributed by atoms with Gasteiger partial charge in [-0.1, -0.05) is 11.6 Å². The summed E-state index contributed by atoms with van der Waals surface area (Å²) in [6.07, 6.45) is 0. The molecule has 0 unspecified atom stereocenters. The number of hydrogen-bond acceptors (Lipinski definition) is 3. The van der Waals surface area contributed by atoms with Crippen molar-refractivity contribution in [1.29, 1.82) is 0 Å². The topological polar surface area (TPSA) is 38.9 Å². The van der Waals surface area contributed by atoms with Gasteiger partial charge < -0.3 is 4.42 Å². The van der Waals surface area contributed by atoms with Crippen molar-refractivity contribution in [3.63, 3.8) is 0 Å². The lowest BCUT2D eigenvalue weighted by Crippen LogP contribution is -1.81. The molecule has 0 amide bonds. The molecule has 0 aliphatic carbocycles.